The van der Waals surface area contributed by atoms with E-state index in [-0.39, 0.29) is 6.10 Å². The Morgan fingerprint density at radius 2 is 2.16 bits per heavy atom. The van der Waals surface area contributed by atoms with Crippen molar-refractivity contribution in [1.82, 2.24) is 29.3 Å². The molecule has 170 valence electrons. The summed E-state index contributed by atoms with van der Waals surface area (Å²) in [7, 11) is 0. The summed E-state index contributed by atoms with van der Waals surface area (Å²) in [6, 6.07) is 2.32. The van der Waals surface area contributed by atoms with Gasteiger partial charge >= 0.3 is 0 Å². The quantitative estimate of drug-likeness (QED) is 0.499. The highest BCUT2D eigenvalue weighted by Gasteiger charge is 2.19. The normalized spacial score (nSPS) is 18.0. The minimum absolute atomic E-state index is 0.212. The second kappa shape index (κ2) is 10.1. The molecule has 3 aromatic heterocycles. The Morgan fingerprint density at radius 3 is 2.88 bits per heavy atom. The summed E-state index contributed by atoms with van der Waals surface area (Å²) in [5.41, 5.74) is 10.0. The Labute approximate surface area is 188 Å². The van der Waals surface area contributed by atoms with Gasteiger partial charge in [0.2, 0.25) is 0 Å². The van der Waals surface area contributed by atoms with Gasteiger partial charge in [-0.25, -0.2) is 9.50 Å². The first-order chi connectivity index (χ1) is 15.6. The number of β-amino-alcohol motifs (C(OH)–C–C–N with tert-alkyl or cyclic N) is 1. The van der Waals surface area contributed by atoms with E-state index in [1.54, 1.807) is 12.4 Å². The fourth-order valence-electron chi connectivity index (χ4n) is 4.17. The van der Waals surface area contributed by atoms with E-state index in [1.807, 2.05) is 27.7 Å². The van der Waals surface area contributed by atoms with Crippen molar-refractivity contribution in [3.63, 3.8) is 0 Å². The van der Waals surface area contributed by atoms with Crippen LogP contribution in [0.4, 0.5) is 0 Å². The number of fused-ring (bicyclic) bond motifs is 1. The molecule has 1 atom stereocenters. The summed E-state index contributed by atoms with van der Waals surface area (Å²) in [4.78, 5) is 11.7. The van der Waals surface area contributed by atoms with Crippen LogP contribution in [0.2, 0.25) is 0 Å². The van der Waals surface area contributed by atoms with Crippen molar-refractivity contribution >= 4 is 17.3 Å². The van der Waals surface area contributed by atoms with Gasteiger partial charge in [0.1, 0.15) is 0 Å². The molecule has 1 saturated heterocycles. The van der Waals surface area contributed by atoms with Crippen LogP contribution in [0.15, 0.2) is 42.0 Å². The zero-order valence-corrected chi connectivity index (χ0v) is 18.8. The topological polar surface area (TPSA) is 110 Å². The standard InChI is InChI=1S/C23H32N8O/c1-3-19(4-2)30-14-18(13-27-30)23-22-5-7-26-31(22)16-21(28-23)17(11-24)12-25-8-10-29-9-6-20(32)15-29/h5,7,11-14,16,19-20,32H,3-4,6,8-10,15,24H2,1-2H3/t20-/m0/s1. The number of aliphatic imine (C=N–C) groups is 1. The molecule has 0 aromatic carbocycles. The summed E-state index contributed by atoms with van der Waals surface area (Å²) in [6.07, 6.45) is 13.5. The molecule has 3 N–H and O–H groups in total. The zero-order chi connectivity index (χ0) is 22.5. The van der Waals surface area contributed by atoms with Crippen molar-refractivity contribution in [2.75, 3.05) is 26.2 Å². The minimum Gasteiger partial charge on any atom is -0.404 e. The minimum atomic E-state index is -0.212. The van der Waals surface area contributed by atoms with E-state index in [2.05, 4.69) is 40.1 Å². The highest BCUT2D eigenvalue weighted by Crippen LogP contribution is 2.26. The Bertz CT molecular complexity index is 1090. The van der Waals surface area contributed by atoms with Crippen LogP contribution in [0, 0.1) is 0 Å². The van der Waals surface area contributed by atoms with Gasteiger partial charge in [0.25, 0.3) is 0 Å². The summed E-state index contributed by atoms with van der Waals surface area (Å²) in [6.45, 7) is 7.45. The number of aliphatic hydroxyl groups excluding tert-OH is 1. The maximum Gasteiger partial charge on any atom is 0.0999 e. The summed E-state index contributed by atoms with van der Waals surface area (Å²) in [5.74, 6) is 0. The van der Waals surface area contributed by atoms with Gasteiger partial charge in [-0.05, 0) is 25.3 Å². The van der Waals surface area contributed by atoms with E-state index in [4.69, 9.17) is 10.7 Å². The van der Waals surface area contributed by atoms with Crippen molar-refractivity contribution in [2.45, 2.75) is 45.3 Å². The first-order valence-electron chi connectivity index (χ1n) is 11.3. The van der Waals surface area contributed by atoms with Gasteiger partial charge < -0.3 is 10.8 Å². The molecule has 0 unspecified atom stereocenters. The molecule has 3 aromatic rings. The van der Waals surface area contributed by atoms with Gasteiger partial charge in [-0.2, -0.15) is 10.2 Å². The molecule has 0 bridgehead atoms. The molecule has 1 fully saturated rings. The molecule has 4 heterocycles. The number of likely N-dealkylation sites (tertiary alicyclic amines) is 1. The highest BCUT2D eigenvalue weighted by molar-refractivity contribution is 6.09. The lowest BCUT2D eigenvalue weighted by atomic mass is 10.1. The predicted octanol–water partition coefficient (Wildman–Crippen LogP) is 2.39. The van der Waals surface area contributed by atoms with E-state index < -0.39 is 0 Å². The lowest BCUT2D eigenvalue weighted by molar-refractivity contribution is 0.177. The van der Waals surface area contributed by atoms with Gasteiger partial charge in [-0.3, -0.25) is 14.6 Å². The number of rotatable bonds is 9. The van der Waals surface area contributed by atoms with Crippen molar-refractivity contribution in [3.8, 4) is 11.3 Å². The van der Waals surface area contributed by atoms with E-state index in [9.17, 15) is 5.11 Å². The third-order valence-electron chi connectivity index (χ3n) is 6.08. The van der Waals surface area contributed by atoms with Gasteiger partial charge in [-0.15, -0.1) is 0 Å². The van der Waals surface area contributed by atoms with Gasteiger partial charge in [0, 0.05) is 49.4 Å². The number of hydrogen-bond acceptors (Lipinski definition) is 7. The fourth-order valence-corrected chi connectivity index (χ4v) is 4.17. The van der Waals surface area contributed by atoms with Crippen LogP contribution in [0.25, 0.3) is 22.3 Å². The molecule has 1 aliphatic heterocycles. The predicted molar refractivity (Wildman–Crippen MR) is 126 cm³/mol. The van der Waals surface area contributed by atoms with E-state index in [0.717, 1.165) is 61.2 Å². The third-order valence-corrected chi connectivity index (χ3v) is 6.08. The Kier molecular flexibility index (Phi) is 6.96. The summed E-state index contributed by atoms with van der Waals surface area (Å²) < 4.78 is 3.84. The van der Waals surface area contributed by atoms with Crippen molar-refractivity contribution < 1.29 is 5.11 Å². The first-order valence-corrected chi connectivity index (χ1v) is 11.3. The second-order valence-electron chi connectivity index (χ2n) is 8.22. The molecule has 0 amide bonds. The highest BCUT2D eigenvalue weighted by atomic mass is 16.3. The Balaban J connectivity index is 1.57. The lowest BCUT2D eigenvalue weighted by Crippen LogP contribution is -2.24. The molecule has 9 nitrogen and oxygen atoms in total. The van der Waals surface area contributed by atoms with Crippen LogP contribution >= 0.6 is 0 Å². The van der Waals surface area contributed by atoms with Crippen LogP contribution in [-0.4, -0.2) is 72.9 Å². The van der Waals surface area contributed by atoms with Crippen LogP contribution in [0.3, 0.4) is 0 Å². The number of aromatic nitrogens is 5. The summed E-state index contributed by atoms with van der Waals surface area (Å²) >= 11 is 0. The van der Waals surface area contributed by atoms with Crippen molar-refractivity contribution in [2.24, 2.45) is 10.7 Å². The zero-order valence-electron chi connectivity index (χ0n) is 18.8. The number of nitrogens with two attached hydrogens (primary N) is 1. The molecule has 0 aliphatic carbocycles. The molecule has 0 spiro atoms. The van der Waals surface area contributed by atoms with Gasteiger partial charge in [-0.1, -0.05) is 13.8 Å². The molecule has 0 saturated carbocycles. The van der Waals surface area contributed by atoms with E-state index in [1.165, 1.54) is 6.20 Å². The number of aliphatic hydroxyl groups is 1. The first kappa shape index (κ1) is 22.2. The fraction of sp³-hybridized carbons (Fsp3) is 0.478. The number of hydrogen-bond donors (Lipinski definition) is 2. The SMILES string of the molecule is CCC(CC)n1cc(-c2nc(C(C=NCCN3CC[C@H](O)C3)=CN)cn3nccc23)cn1. The number of allylic oxidation sites excluding steroid dienone is 1. The average molecular weight is 437 g/mol. The maximum atomic E-state index is 9.65. The Morgan fingerprint density at radius 1 is 1.31 bits per heavy atom. The van der Waals surface area contributed by atoms with E-state index in [0.29, 0.717) is 18.3 Å². The largest absolute Gasteiger partial charge is 0.404 e. The Hall–Kier alpha value is -3.04. The van der Waals surface area contributed by atoms with Crippen LogP contribution in [-0.2, 0) is 0 Å². The molecule has 0 radical (unpaired) electrons. The maximum absolute atomic E-state index is 9.65. The second-order valence-corrected chi connectivity index (χ2v) is 8.22. The van der Waals surface area contributed by atoms with Gasteiger partial charge in [0.05, 0.1) is 54.2 Å². The van der Waals surface area contributed by atoms with Crippen LogP contribution in [0.5, 0.6) is 0 Å². The smallest absolute Gasteiger partial charge is 0.0999 e. The van der Waals surface area contributed by atoms with Crippen LogP contribution < -0.4 is 5.73 Å². The third kappa shape index (κ3) is 4.73. The summed E-state index contributed by atoms with van der Waals surface area (Å²) in [5, 5.41) is 18.7. The molecule has 9 heteroatoms. The molecular weight excluding hydrogens is 404 g/mol. The lowest BCUT2D eigenvalue weighted by Gasteiger charge is -2.12. The molecular formula is C23H32N8O. The monoisotopic (exact) mass is 436 g/mol. The van der Waals surface area contributed by atoms with E-state index >= 15 is 0 Å². The molecule has 32 heavy (non-hydrogen) atoms. The van der Waals surface area contributed by atoms with Crippen molar-refractivity contribution in [1.29, 1.82) is 0 Å². The molecule has 1 aliphatic rings. The van der Waals surface area contributed by atoms with Crippen LogP contribution in [0.1, 0.15) is 44.8 Å². The molecule has 4 rings (SSSR count). The van der Waals surface area contributed by atoms with Crippen molar-refractivity contribution in [3.05, 3.63) is 42.7 Å². The van der Waals surface area contributed by atoms with Gasteiger partial charge in [0.15, 0.2) is 0 Å². The average Bonchev–Trinajstić information content (AvgIpc) is 3.55. The number of nitrogens with zero attached hydrogens (tertiary/aromatic N) is 7.